The summed E-state index contributed by atoms with van der Waals surface area (Å²) in [6, 6.07) is 15.4. The lowest BCUT2D eigenvalue weighted by Gasteiger charge is -2.59. The SMILES string of the molecule is COc1ccc(CNC(=O)N2CC3(CCOCC3)C2c2ccccc2)cc1O. The van der Waals surface area contributed by atoms with Crippen LogP contribution >= 0.6 is 0 Å². The van der Waals surface area contributed by atoms with Gasteiger partial charge in [0.1, 0.15) is 0 Å². The van der Waals surface area contributed by atoms with E-state index >= 15 is 0 Å². The second kappa shape index (κ2) is 7.72. The third-order valence-electron chi connectivity index (χ3n) is 5.93. The zero-order valence-electron chi connectivity index (χ0n) is 16.1. The summed E-state index contributed by atoms with van der Waals surface area (Å²) in [4.78, 5) is 14.8. The Morgan fingerprint density at radius 1 is 1.25 bits per heavy atom. The minimum absolute atomic E-state index is 0.0709. The first-order valence-corrected chi connectivity index (χ1v) is 9.66. The van der Waals surface area contributed by atoms with Gasteiger partial charge in [-0.05, 0) is 36.1 Å². The highest BCUT2D eigenvalue weighted by Gasteiger charge is 2.55. The fraction of sp³-hybridized carbons (Fsp3) is 0.409. The number of nitrogens with zero attached hydrogens (tertiary/aromatic N) is 1. The van der Waals surface area contributed by atoms with Crippen LogP contribution in [0.15, 0.2) is 48.5 Å². The lowest BCUT2D eigenvalue weighted by Crippen LogP contribution is -2.64. The Morgan fingerprint density at radius 3 is 2.68 bits per heavy atom. The average Bonchev–Trinajstić information content (AvgIpc) is 2.72. The molecule has 2 N–H and O–H groups in total. The molecule has 6 heteroatoms. The summed E-state index contributed by atoms with van der Waals surface area (Å²) in [5, 5.41) is 12.9. The average molecular weight is 382 g/mol. The van der Waals surface area contributed by atoms with Crippen LogP contribution in [0.4, 0.5) is 4.79 Å². The molecule has 0 radical (unpaired) electrons. The van der Waals surface area contributed by atoms with E-state index in [4.69, 9.17) is 9.47 Å². The lowest BCUT2D eigenvalue weighted by atomic mass is 9.64. The molecule has 2 heterocycles. The molecule has 2 aromatic rings. The summed E-state index contributed by atoms with van der Waals surface area (Å²) in [5.41, 5.74) is 2.10. The van der Waals surface area contributed by atoms with Crippen LogP contribution < -0.4 is 10.1 Å². The molecule has 2 aliphatic heterocycles. The fourth-order valence-electron chi connectivity index (χ4n) is 4.43. The van der Waals surface area contributed by atoms with Crippen LogP contribution in [0.1, 0.15) is 30.0 Å². The fourth-order valence-corrected chi connectivity index (χ4v) is 4.43. The first-order valence-electron chi connectivity index (χ1n) is 9.66. The highest BCUT2D eigenvalue weighted by Crippen LogP contribution is 2.54. The van der Waals surface area contributed by atoms with Crippen molar-refractivity contribution in [1.82, 2.24) is 10.2 Å². The van der Waals surface area contributed by atoms with Crippen molar-refractivity contribution in [3.8, 4) is 11.5 Å². The predicted molar refractivity (Wildman–Crippen MR) is 105 cm³/mol. The number of hydrogen-bond donors (Lipinski definition) is 2. The van der Waals surface area contributed by atoms with Crippen molar-refractivity contribution in [1.29, 1.82) is 0 Å². The second-order valence-electron chi connectivity index (χ2n) is 7.58. The number of rotatable bonds is 4. The summed E-state index contributed by atoms with van der Waals surface area (Å²) < 4.78 is 10.6. The van der Waals surface area contributed by atoms with Crippen molar-refractivity contribution in [3.05, 3.63) is 59.7 Å². The van der Waals surface area contributed by atoms with Crippen LogP contribution in [0, 0.1) is 5.41 Å². The third-order valence-corrected chi connectivity index (χ3v) is 5.93. The smallest absolute Gasteiger partial charge is 0.318 e. The van der Waals surface area contributed by atoms with E-state index in [9.17, 15) is 9.90 Å². The molecule has 1 spiro atoms. The number of ether oxygens (including phenoxy) is 2. The van der Waals surface area contributed by atoms with Gasteiger partial charge in [0.05, 0.1) is 13.2 Å². The van der Waals surface area contributed by atoms with Crippen molar-refractivity contribution >= 4 is 6.03 Å². The maximum Gasteiger partial charge on any atom is 0.318 e. The van der Waals surface area contributed by atoms with Gasteiger partial charge in [-0.1, -0.05) is 36.4 Å². The Balaban J connectivity index is 1.46. The minimum atomic E-state index is -0.0822. The molecule has 0 bridgehead atoms. The minimum Gasteiger partial charge on any atom is -0.504 e. The Labute approximate surface area is 165 Å². The van der Waals surface area contributed by atoms with Gasteiger partial charge in [-0.2, -0.15) is 0 Å². The summed E-state index contributed by atoms with van der Waals surface area (Å²) in [6.07, 6.45) is 1.95. The van der Waals surface area contributed by atoms with Crippen LogP contribution in [0.2, 0.25) is 0 Å². The molecule has 1 atom stereocenters. The lowest BCUT2D eigenvalue weighted by molar-refractivity contribution is -0.111. The maximum absolute atomic E-state index is 12.9. The molecule has 2 amide bonds. The highest BCUT2D eigenvalue weighted by atomic mass is 16.5. The Hall–Kier alpha value is -2.73. The number of hydrogen-bond acceptors (Lipinski definition) is 4. The van der Waals surface area contributed by atoms with Crippen LogP contribution in [-0.2, 0) is 11.3 Å². The molecule has 28 heavy (non-hydrogen) atoms. The van der Waals surface area contributed by atoms with Gasteiger partial charge in [-0.25, -0.2) is 4.79 Å². The second-order valence-corrected chi connectivity index (χ2v) is 7.58. The normalized spacial score (nSPS) is 20.5. The number of carbonyl (C=O) groups excluding carboxylic acids is 1. The van der Waals surface area contributed by atoms with Crippen LogP contribution in [-0.4, -0.2) is 42.9 Å². The molecule has 6 nitrogen and oxygen atoms in total. The van der Waals surface area contributed by atoms with Crippen LogP contribution in [0.5, 0.6) is 11.5 Å². The van der Waals surface area contributed by atoms with Gasteiger partial charge in [0, 0.05) is 31.7 Å². The zero-order chi connectivity index (χ0) is 19.6. The number of amides is 2. The number of phenols is 1. The van der Waals surface area contributed by atoms with E-state index in [0.29, 0.717) is 12.3 Å². The van der Waals surface area contributed by atoms with Crippen molar-refractivity contribution in [2.24, 2.45) is 5.41 Å². The van der Waals surface area contributed by atoms with Gasteiger partial charge in [0.25, 0.3) is 0 Å². The quantitative estimate of drug-likeness (QED) is 0.850. The number of urea groups is 1. The van der Waals surface area contributed by atoms with Gasteiger partial charge in [0.15, 0.2) is 11.5 Å². The first-order chi connectivity index (χ1) is 13.6. The molecule has 2 fully saturated rings. The number of aromatic hydroxyl groups is 1. The molecular formula is C22H26N2O4. The summed E-state index contributed by atoms with van der Waals surface area (Å²) in [5.74, 6) is 0.491. The molecule has 0 saturated carbocycles. The van der Waals surface area contributed by atoms with E-state index in [1.165, 1.54) is 12.7 Å². The summed E-state index contributed by atoms with van der Waals surface area (Å²) >= 11 is 0. The Morgan fingerprint density at radius 2 is 2.00 bits per heavy atom. The number of methoxy groups -OCH3 is 1. The number of nitrogens with one attached hydrogen (secondary N) is 1. The van der Waals surface area contributed by atoms with Crippen molar-refractivity contribution in [2.45, 2.75) is 25.4 Å². The van der Waals surface area contributed by atoms with Gasteiger partial charge in [-0.15, -0.1) is 0 Å². The molecule has 1 unspecified atom stereocenters. The number of benzene rings is 2. The molecular weight excluding hydrogens is 356 g/mol. The van der Waals surface area contributed by atoms with Gasteiger partial charge in [0.2, 0.25) is 0 Å². The van der Waals surface area contributed by atoms with Crippen molar-refractivity contribution < 1.29 is 19.4 Å². The van der Waals surface area contributed by atoms with E-state index < -0.39 is 0 Å². The number of carbonyl (C=O) groups is 1. The van der Waals surface area contributed by atoms with Crippen molar-refractivity contribution in [3.63, 3.8) is 0 Å². The molecule has 0 aromatic heterocycles. The summed E-state index contributed by atoms with van der Waals surface area (Å²) in [6.45, 7) is 2.61. The molecule has 4 rings (SSSR count). The maximum atomic E-state index is 12.9. The number of likely N-dealkylation sites (tertiary alicyclic amines) is 1. The van der Waals surface area contributed by atoms with Crippen LogP contribution in [0.3, 0.4) is 0 Å². The topological polar surface area (TPSA) is 71.0 Å². The molecule has 2 aromatic carbocycles. The number of phenolic OH excluding ortho intramolecular Hbond substituents is 1. The van der Waals surface area contributed by atoms with E-state index in [1.54, 1.807) is 12.1 Å². The molecule has 0 aliphatic carbocycles. The largest absolute Gasteiger partial charge is 0.504 e. The first kappa shape index (κ1) is 18.6. The monoisotopic (exact) mass is 382 g/mol. The van der Waals surface area contributed by atoms with Gasteiger partial charge < -0.3 is 24.8 Å². The van der Waals surface area contributed by atoms with Crippen molar-refractivity contribution in [2.75, 3.05) is 26.9 Å². The van der Waals surface area contributed by atoms with E-state index in [0.717, 1.165) is 38.2 Å². The zero-order valence-corrected chi connectivity index (χ0v) is 16.1. The Kier molecular flexibility index (Phi) is 5.13. The standard InChI is InChI=1S/C22H26N2O4/c1-27-19-8-7-16(13-18(19)25)14-23-21(26)24-15-22(9-11-28-12-10-22)20(24)17-5-3-2-4-6-17/h2-8,13,20,25H,9-12,14-15H2,1H3,(H,23,26). The molecule has 2 aliphatic rings. The highest BCUT2D eigenvalue weighted by molar-refractivity contribution is 5.76. The van der Waals surface area contributed by atoms with E-state index in [-0.39, 0.29) is 23.2 Å². The molecule has 2 saturated heterocycles. The summed E-state index contributed by atoms with van der Waals surface area (Å²) in [7, 11) is 1.51. The van der Waals surface area contributed by atoms with E-state index in [1.807, 2.05) is 29.2 Å². The predicted octanol–water partition coefficient (Wildman–Crippen LogP) is 3.46. The third kappa shape index (κ3) is 3.40. The van der Waals surface area contributed by atoms with Gasteiger partial charge in [-0.3, -0.25) is 0 Å². The van der Waals surface area contributed by atoms with E-state index in [2.05, 4.69) is 17.4 Å². The Bertz CT molecular complexity index is 834. The molecule has 148 valence electrons. The van der Waals surface area contributed by atoms with Gasteiger partial charge >= 0.3 is 6.03 Å². The van der Waals surface area contributed by atoms with Crippen LogP contribution in [0.25, 0.3) is 0 Å².